The van der Waals surface area contributed by atoms with Gasteiger partial charge in [0.05, 0.1) is 11.1 Å². The first-order valence-electron chi connectivity index (χ1n) is 11.0. The summed E-state index contributed by atoms with van der Waals surface area (Å²) >= 11 is 0. The van der Waals surface area contributed by atoms with E-state index in [-0.39, 0.29) is 11.5 Å². The summed E-state index contributed by atoms with van der Waals surface area (Å²) in [7, 11) is -3.99. The molecule has 1 amide bonds. The first-order valence-corrected chi connectivity index (χ1v) is 12.5. The number of nitrogens with one attached hydrogen (secondary N) is 2. The van der Waals surface area contributed by atoms with Gasteiger partial charge in [0.25, 0.3) is 15.9 Å². The van der Waals surface area contributed by atoms with Crippen molar-refractivity contribution in [1.29, 1.82) is 0 Å². The van der Waals surface area contributed by atoms with Crippen molar-refractivity contribution in [1.82, 2.24) is 15.2 Å². The van der Waals surface area contributed by atoms with Gasteiger partial charge in [-0.25, -0.2) is 13.4 Å². The van der Waals surface area contributed by atoms with Gasteiger partial charge in [0.2, 0.25) is 5.89 Å². The second kappa shape index (κ2) is 10.0. The fourth-order valence-corrected chi connectivity index (χ4v) is 4.41. The molecule has 2 N–H and O–H groups in total. The molecule has 0 aliphatic heterocycles. The van der Waals surface area contributed by atoms with E-state index in [1.165, 1.54) is 12.1 Å². The number of fused-ring (bicyclic) bond motifs is 1. The Morgan fingerprint density at radius 1 is 0.833 bits per heavy atom. The number of amides is 1. The lowest BCUT2D eigenvalue weighted by Crippen LogP contribution is -2.43. The molecule has 1 heterocycles. The van der Waals surface area contributed by atoms with Gasteiger partial charge in [0.1, 0.15) is 5.75 Å². The van der Waals surface area contributed by atoms with Gasteiger partial charge >= 0.3 is 0 Å². The molecule has 0 aliphatic carbocycles. The van der Waals surface area contributed by atoms with E-state index in [4.69, 9.17) is 9.15 Å². The van der Waals surface area contributed by atoms with Gasteiger partial charge in [-0.3, -0.25) is 10.2 Å². The van der Waals surface area contributed by atoms with Gasteiger partial charge in [-0.15, -0.1) is 4.83 Å². The molecule has 0 spiro atoms. The normalized spacial score (nSPS) is 11.3. The zero-order chi connectivity index (χ0) is 25.0. The predicted molar refractivity (Wildman–Crippen MR) is 135 cm³/mol. The Bertz CT molecular complexity index is 1610. The van der Waals surface area contributed by atoms with E-state index in [1.807, 2.05) is 66.7 Å². The van der Waals surface area contributed by atoms with Gasteiger partial charge in [0, 0.05) is 11.1 Å². The lowest BCUT2D eigenvalue weighted by Gasteiger charge is -2.10. The highest BCUT2D eigenvalue weighted by Gasteiger charge is 2.16. The van der Waals surface area contributed by atoms with Crippen LogP contribution in [0.25, 0.3) is 33.6 Å². The number of nitrogens with zero attached hydrogens (tertiary/aromatic N) is 1. The maximum absolute atomic E-state index is 12.6. The summed E-state index contributed by atoms with van der Waals surface area (Å²) in [5.74, 6) is 0.836. The molecule has 4 aromatic carbocycles. The number of rotatable bonds is 8. The highest BCUT2D eigenvalue weighted by molar-refractivity contribution is 7.89. The minimum atomic E-state index is -3.99. The van der Waals surface area contributed by atoms with Crippen molar-refractivity contribution in [2.24, 2.45) is 0 Å². The average molecular weight is 500 g/mol. The number of hydrazine groups is 1. The van der Waals surface area contributed by atoms with Crippen LogP contribution in [-0.4, -0.2) is 25.9 Å². The van der Waals surface area contributed by atoms with Crippen LogP contribution in [-0.2, 0) is 14.8 Å². The molecule has 1 aromatic heterocycles. The summed E-state index contributed by atoms with van der Waals surface area (Å²) in [5, 5.41) is 2.02. The third-order valence-electron chi connectivity index (χ3n) is 5.39. The molecule has 0 saturated heterocycles. The van der Waals surface area contributed by atoms with Crippen LogP contribution in [0.4, 0.5) is 0 Å². The molecule has 0 atom stereocenters. The number of oxazole rings is 1. The van der Waals surface area contributed by atoms with Crippen LogP contribution in [0.2, 0.25) is 0 Å². The number of benzene rings is 4. The minimum Gasteiger partial charge on any atom is -0.484 e. The molecular formula is C27H21N3O5S. The fourth-order valence-electron chi connectivity index (χ4n) is 3.55. The highest BCUT2D eigenvalue weighted by Crippen LogP contribution is 2.26. The molecular weight excluding hydrogens is 478 g/mol. The number of hydrogen-bond acceptors (Lipinski definition) is 6. The Morgan fingerprint density at radius 3 is 2.33 bits per heavy atom. The van der Waals surface area contributed by atoms with E-state index in [9.17, 15) is 13.2 Å². The zero-order valence-corrected chi connectivity index (χ0v) is 19.7. The molecule has 0 fully saturated rings. The van der Waals surface area contributed by atoms with Gasteiger partial charge < -0.3 is 9.15 Å². The smallest absolute Gasteiger partial charge is 0.272 e. The molecule has 36 heavy (non-hydrogen) atoms. The number of ether oxygens (including phenoxy) is 1. The maximum atomic E-state index is 12.6. The third-order valence-corrected chi connectivity index (χ3v) is 6.65. The first kappa shape index (κ1) is 23.3. The van der Waals surface area contributed by atoms with E-state index < -0.39 is 15.9 Å². The molecule has 180 valence electrons. The number of carbonyl (C=O) groups excluding carboxylic acids is 1. The lowest BCUT2D eigenvalue weighted by molar-refractivity contribution is -0.123. The van der Waals surface area contributed by atoms with Crippen molar-refractivity contribution in [2.45, 2.75) is 4.90 Å². The van der Waals surface area contributed by atoms with Gasteiger partial charge in [-0.2, -0.15) is 0 Å². The van der Waals surface area contributed by atoms with E-state index in [0.29, 0.717) is 23.0 Å². The molecule has 0 bridgehead atoms. The fraction of sp³-hybridized carbons (Fsp3) is 0.0370. The number of aromatic nitrogens is 1. The summed E-state index contributed by atoms with van der Waals surface area (Å²) in [6.07, 6.45) is 1.62. The van der Waals surface area contributed by atoms with Gasteiger partial charge in [0.15, 0.2) is 12.4 Å². The molecule has 0 unspecified atom stereocenters. The molecule has 5 aromatic rings. The SMILES string of the molecule is O=C(COc1ccc2ccccc2c1)NNS(=O)(=O)c1ccc(-c2ncc(-c3ccccc3)o2)cc1. The van der Waals surface area contributed by atoms with E-state index in [0.717, 1.165) is 16.3 Å². The van der Waals surface area contributed by atoms with Crippen LogP contribution < -0.4 is 15.0 Å². The molecule has 9 heteroatoms. The Morgan fingerprint density at radius 2 is 1.56 bits per heavy atom. The van der Waals surface area contributed by atoms with Crippen molar-refractivity contribution < 1.29 is 22.4 Å². The second-order valence-electron chi connectivity index (χ2n) is 7.87. The van der Waals surface area contributed by atoms with Crippen LogP contribution in [0.5, 0.6) is 5.75 Å². The Kier molecular flexibility index (Phi) is 6.48. The third kappa shape index (κ3) is 5.27. The van der Waals surface area contributed by atoms with Crippen molar-refractivity contribution in [2.75, 3.05) is 6.61 Å². The molecule has 5 rings (SSSR count). The molecule has 0 saturated carbocycles. The second-order valence-corrected chi connectivity index (χ2v) is 9.55. The highest BCUT2D eigenvalue weighted by atomic mass is 32.2. The minimum absolute atomic E-state index is 0.0307. The van der Waals surface area contributed by atoms with Crippen LogP contribution in [0.15, 0.2) is 113 Å². The molecule has 0 aliphatic rings. The standard InChI is InChI=1S/C27H21N3O5S/c31-26(18-34-23-13-10-19-6-4-5-9-22(19)16-23)29-30-36(32,33)24-14-11-21(12-15-24)27-28-17-25(35-27)20-7-2-1-3-8-20/h1-17,30H,18H2,(H,29,31). The summed E-state index contributed by atoms with van der Waals surface area (Å²) < 4.78 is 36.5. The molecule has 8 nitrogen and oxygen atoms in total. The zero-order valence-electron chi connectivity index (χ0n) is 18.9. The number of carbonyl (C=O) groups is 1. The Balaban J connectivity index is 1.18. The Labute approximate surface area is 207 Å². The van der Waals surface area contributed by atoms with Crippen LogP contribution in [0.1, 0.15) is 0 Å². The maximum Gasteiger partial charge on any atom is 0.272 e. The average Bonchev–Trinajstić information content (AvgIpc) is 3.42. The van der Waals surface area contributed by atoms with Crippen LogP contribution in [0, 0.1) is 0 Å². The van der Waals surface area contributed by atoms with Crippen molar-refractivity contribution >= 4 is 26.7 Å². The van der Waals surface area contributed by atoms with Crippen molar-refractivity contribution in [3.8, 4) is 28.5 Å². The summed E-state index contributed by atoms with van der Waals surface area (Å²) in [4.78, 5) is 18.5. The Hall–Kier alpha value is -4.47. The number of hydrogen-bond donors (Lipinski definition) is 2. The summed E-state index contributed by atoms with van der Waals surface area (Å²) in [6.45, 7) is -0.353. The topological polar surface area (TPSA) is 111 Å². The monoisotopic (exact) mass is 499 g/mol. The summed E-state index contributed by atoms with van der Waals surface area (Å²) in [5.41, 5.74) is 3.67. The quantitative estimate of drug-likeness (QED) is 0.303. The molecule has 0 radical (unpaired) electrons. The van der Waals surface area contributed by atoms with Gasteiger partial charge in [-0.05, 0) is 47.2 Å². The number of sulfonamides is 1. The lowest BCUT2D eigenvalue weighted by atomic mass is 10.1. The van der Waals surface area contributed by atoms with E-state index in [1.54, 1.807) is 24.4 Å². The van der Waals surface area contributed by atoms with Gasteiger partial charge in [-0.1, -0.05) is 60.7 Å². The first-order chi connectivity index (χ1) is 17.5. The van der Waals surface area contributed by atoms with E-state index >= 15 is 0 Å². The van der Waals surface area contributed by atoms with Crippen LogP contribution in [0.3, 0.4) is 0 Å². The predicted octanol–water partition coefficient (Wildman–Crippen LogP) is 4.55. The van der Waals surface area contributed by atoms with Crippen LogP contribution >= 0.6 is 0 Å². The van der Waals surface area contributed by atoms with E-state index in [2.05, 4.69) is 15.2 Å². The van der Waals surface area contributed by atoms with Crippen molar-refractivity contribution in [3.05, 3.63) is 103 Å². The largest absolute Gasteiger partial charge is 0.484 e. The van der Waals surface area contributed by atoms with Crippen molar-refractivity contribution in [3.63, 3.8) is 0 Å². The summed E-state index contributed by atoms with van der Waals surface area (Å²) in [6, 6.07) is 28.7.